The summed E-state index contributed by atoms with van der Waals surface area (Å²) in [7, 11) is 0. The number of morpholine rings is 1. The molecule has 1 aliphatic heterocycles. The Morgan fingerprint density at radius 1 is 1.13 bits per heavy atom. The maximum absolute atomic E-state index is 12.2. The lowest BCUT2D eigenvalue weighted by molar-refractivity contribution is -0.117. The molecule has 9 nitrogen and oxygen atoms in total. The Bertz CT molecular complexity index is 885. The highest BCUT2D eigenvalue weighted by Crippen LogP contribution is 2.27. The molecule has 10 heteroatoms. The van der Waals surface area contributed by atoms with E-state index in [1.165, 1.54) is 11.8 Å². The lowest BCUT2D eigenvalue weighted by Gasteiger charge is -2.28. The molecule has 0 aliphatic carbocycles. The summed E-state index contributed by atoms with van der Waals surface area (Å²) in [4.78, 5) is 26.3. The molecule has 2 N–H and O–H groups in total. The first-order chi connectivity index (χ1) is 14.2. The van der Waals surface area contributed by atoms with Crippen LogP contribution in [0.15, 0.2) is 29.4 Å². The van der Waals surface area contributed by atoms with Gasteiger partial charge in [-0.25, -0.2) is 4.79 Å². The summed E-state index contributed by atoms with van der Waals surface area (Å²) in [5.41, 5.74) is 1.65. The van der Waals surface area contributed by atoms with Crippen molar-refractivity contribution >= 4 is 29.6 Å². The minimum absolute atomic E-state index is 0.0463. The van der Waals surface area contributed by atoms with Gasteiger partial charge in [-0.3, -0.25) is 14.7 Å². The van der Waals surface area contributed by atoms with E-state index in [-0.39, 0.29) is 5.75 Å². The van der Waals surface area contributed by atoms with Gasteiger partial charge in [-0.15, -0.1) is 10.2 Å². The number of rotatable bonds is 5. The van der Waals surface area contributed by atoms with Gasteiger partial charge < -0.3 is 15.0 Å². The molecule has 0 radical (unpaired) electrons. The fourth-order valence-electron chi connectivity index (χ4n) is 2.91. The van der Waals surface area contributed by atoms with E-state index in [4.69, 9.17) is 4.74 Å². The van der Waals surface area contributed by atoms with Crippen LogP contribution in [0.5, 0.6) is 0 Å². The standard InChI is InChI=1S/C20H28N6O3S/c1-14-5-7-15(8-6-14)26-18(25-9-11-29-12-10-25)23-24-19(26)30-13-16(27)21-17(28)22-20(2,3)4/h5-8H,9-13H2,1-4H3,(H2,21,22,27,28). The predicted octanol–water partition coefficient (Wildman–Crippen LogP) is 2.13. The molecule has 1 saturated heterocycles. The maximum Gasteiger partial charge on any atom is 0.321 e. The Kier molecular flexibility index (Phi) is 6.99. The number of aryl methyl sites for hydroxylation is 1. The van der Waals surface area contributed by atoms with Gasteiger partial charge >= 0.3 is 6.03 Å². The van der Waals surface area contributed by atoms with E-state index in [1.54, 1.807) is 0 Å². The molecule has 0 unspecified atom stereocenters. The minimum Gasteiger partial charge on any atom is -0.378 e. The molecule has 1 aliphatic rings. The van der Waals surface area contributed by atoms with Gasteiger partial charge in [-0.2, -0.15) is 0 Å². The number of hydrogen-bond donors (Lipinski definition) is 2. The lowest BCUT2D eigenvalue weighted by atomic mass is 10.1. The second-order valence-corrected chi connectivity index (χ2v) is 9.04. The fraction of sp³-hybridized carbons (Fsp3) is 0.500. The summed E-state index contributed by atoms with van der Waals surface area (Å²) in [5.74, 6) is 0.369. The highest BCUT2D eigenvalue weighted by atomic mass is 32.2. The average molecular weight is 433 g/mol. The number of benzene rings is 1. The molecule has 30 heavy (non-hydrogen) atoms. The van der Waals surface area contributed by atoms with Gasteiger partial charge in [0.2, 0.25) is 11.9 Å². The third-order valence-corrected chi connectivity index (χ3v) is 5.21. The van der Waals surface area contributed by atoms with Gasteiger partial charge in [0.25, 0.3) is 0 Å². The third kappa shape index (κ3) is 5.96. The monoisotopic (exact) mass is 432 g/mol. The van der Waals surface area contributed by atoms with Crippen LogP contribution in [0.4, 0.5) is 10.7 Å². The second-order valence-electron chi connectivity index (χ2n) is 8.09. The largest absolute Gasteiger partial charge is 0.378 e. The van der Waals surface area contributed by atoms with Gasteiger partial charge in [0, 0.05) is 18.6 Å². The number of carbonyl (C=O) groups is 2. The van der Waals surface area contributed by atoms with E-state index < -0.39 is 17.5 Å². The van der Waals surface area contributed by atoms with E-state index in [0.29, 0.717) is 18.4 Å². The number of carbonyl (C=O) groups excluding carboxylic acids is 2. The highest BCUT2D eigenvalue weighted by molar-refractivity contribution is 7.99. The minimum atomic E-state index is -0.512. The number of hydrogen-bond acceptors (Lipinski definition) is 7. The molecule has 1 aromatic carbocycles. The van der Waals surface area contributed by atoms with Crippen LogP contribution >= 0.6 is 11.8 Å². The van der Waals surface area contributed by atoms with E-state index in [9.17, 15) is 9.59 Å². The molecule has 0 bridgehead atoms. The average Bonchev–Trinajstić information content (AvgIpc) is 3.10. The number of amides is 3. The lowest BCUT2D eigenvalue weighted by Crippen LogP contribution is -2.48. The number of nitrogens with one attached hydrogen (secondary N) is 2. The molecule has 2 heterocycles. The quantitative estimate of drug-likeness (QED) is 0.698. The number of aromatic nitrogens is 3. The van der Waals surface area contributed by atoms with Crippen LogP contribution in [0.3, 0.4) is 0 Å². The summed E-state index contributed by atoms with van der Waals surface area (Å²) >= 11 is 1.24. The topological polar surface area (TPSA) is 101 Å². The van der Waals surface area contributed by atoms with Crippen molar-refractivity contribution in [1.82, 2.24) is 25.4 Å². The summed E-state index contributed by atoms with van der Waals surface area (Å²) in [5, 5.41) is 14.3. The van der Waals surface area contributed by atoms with Crippen LogP contribution in [-0.2, 0) is 9.53 Å². The van der Waals surface area contributed by atoms with Gasteiger partial charge in [0.1, 0.15) is 0 Å². The van der Waals surface area contributed by atoms with Crippen molar-refractivity contribution < 1.29 is 14.3 Å². The number of urea groups is 1. The number of nitrogens with zero attached hydrogens (tertiary/aromatic N) is 4. The highest BCUT2D eigenvalue weighted by Gasteiger charge is 2.23. The number of ether oxygens (including phenoxy) is 1. The van der Waals surface area contributed by atoms with E-state index in [0.717, 1.165) is 30.3 Å². The molecule has 0 atom stereocenters. The maximum atomic E-state index is 12.2. The fourth-order valence-corrected chi connectivity index (χ4v) is 3.66. The summed E-state index contributed by atoms with van der Waals surface area (Å²) in [6.07, 6.45) is 0. The van der Waals surface area contributed by atoms with E-state index in [2.05, 4.69) is 25.7 Å². The van der Waals surface area contributed by atoms with Crippen LogP contribution in [0.2, 0.25) is 0 Å². The van der Waals surface area contributed by atoms with Crippen LogP contribution in [0, 0.1) is 6.92 Å². The van der Waals surface area contributed by atoms with Crippen LogP contribution in [0.1, 0.15) is 26.3 Å². The van der Waals surface area contributed by atoms with Crippen molar-refractivity contribution in [3.8, 4) is 5.69 Å². The smallest absolute Gasteiger partial charge is 0.321 e. The van der Waals surface area contributed by atoms with Crippen molar-refractivity contribution in [2.75, 3.05) is 37.0 Å². The molecule has 162 valence electrons. The summed E-state index contributed by atoms with van der Waals surface area (Å²) in [6.45, 7) is 10.3. The number of anilines is 1. The van der Waals surface area contributed by atoms with Crippen LogP contribution in [-0.4, -0.2) is 64.3 Å². The number of thioether (sulfide) groups is 1. The SMILES string of the molecule is Cc1ccc(-n2c(SCC(=O)NC(=O)NC(C)(C)C)nnc2N2CCOCC2)cc1. The summed E-state index contributed by atoms with van der Waals surface area (Å²) < 4.78 is 7.39. The van der Waals surface area contributed by atoms with E-state index >= 15 is 0 Å². The molecule has 0 saturated carbocycles. The molecule has 0 spiro atoms. The van der Waals surface area contributed by atoms with Crippen LogP contribution in [0.25, 0.3) is 5.69 Å². The molecular formula is C20H28N6O3S. The zero-order chi connectivity index (χ0) is 21.7. The van der Waals surface area contributed by atoms with Crippen molar-refractivity contribution in [2.45, 2.75) is 38.4 Å². The molecule has 1 aromatic heterocycles. The molecule has 1 fully saturated rings. The third-order valence-electron chi connectivity index (χ3n) is 4.28. The predicted molar refractivity (Wildman–Crippen MR) is 116 cm³/mol. The Labute approximate surface area is 180 Å². The number of imide groups is 1. The molecule has 2 aromatic rings. The molecular weight excluding hydrogens is 404 g/mol. The van der Waals surface area contributed by atoms with Crippen molar-refractivity contribution in [3.63, 3.8) is 0 Å². The molecule has 3 rings (SSSR count). The Morgan fingerprint density at radius 2 is 1.80 bits per heavy atom. The Hall–Kier alpha value is -2.59. The first-order valence-corrected chi connectivity index (χ1v) is 10.8. The van der Waals surface area contributed by atoms with Crippen molar-refractivity contribution in [3.05, 3.63) is 29.8 Å². The Balaban J connectivity index is 1.75. The van der Waals surface area contributed by atoms with Crippen molar-refractivity contribution in [2.24, 2.45) is 0 Å². The zero-order valence-corrected chi connectivity index (χ0v) is 18.6. The summed E-state index contributed by atoms with van der Waals surface area (Å²) in [6, 6.07) is 7.54. The first-order valence-electron chi connectivity index (χ1n) is 9.83. The Morgan fingerprint density at radius 3 is 2.43 bits per heavy atom. The molecule has 3 amide bonds. The van der Waals surface area contributed by atoms with Crippen LogP contribution < -0.4 is 15.5 Å². The van der Waals surface area contributed by atoms with Gasteiger partial charge in [0.05, 0.1) is 24.7 Å². The first kappa shape index (κ1) is 22.1. The van der Waals surface area contributed by atoms with Gasteiger partial charge in [-0.05, 0) is 39.8 Å². The van der Waals surface area contributed by atoms with Gasteiger partial charge in [0.15, 0.2) is 5.16 Å². The van der Waals surface area contributed by atoms with E-state index in [1.807, 2.05) is 56.5 Å². The van der Waals surface area contributed by atoms with Crippen molar-refractivity contribution in [1.29, 1.82) is 0 Å². The second kappa shape index (κ2) is 9.48. The van der Waals surface area contributed by atoms with Gasteiger partial charge in [-0.1, -0.05) is 29.5 Å². The normalized spacial score (nSPS) is 14.5. The zero-order valence-electron chi connectivity index (χ0n) is 17.8.